The van der Waals surface area contributed by atoms with Gasteiger partial charge in [-0.25, -0.2) is 0 Å². The van der Waals surface area contributed by atoms with Crippen molar-refractivity contribution in [3.05, 3.63) is 22.4 Å². The summed E-state index contributed by atoms with van der Waals surface area (Å²) >= 11 is 1.47. The second-order valence-corrected chi connectivity index (χ2v) is 9.21. The number of likely N-dealkylation sites (tertiary alicyclic amines) is 1. The highest BCUT2D eigenvalue weighted by Crippen LogP contribution is 2.21. The normalized spacial score (nSPS) is 19.3. The van der Waals surface area contributed by atoms with Crippen LogP contribution >= 0.6 is 11.3 Å². The summed E-state index contributed by atoms with van der Waals surface area (Å²) in [4.78, 5) is 62.8. The number of nitrogens with one attached hydrogen (secondary N) is 2. The van der Waals surface area contributed by atoms with Gasteiger partial charge in [-0.1, -0.05) is 19.9 Å². The molecule has 1 aromatic rings. The molecule has 3 atom stereocenters. The summed E-state index contributed by atoms with van der Waals surface area (Å²) in [6.45, 7) is 3.66. The van der Waals surface area contributed by atoms with Crippen molar-refractivity contribution in [3.8, 4) is 0 Å². The number of nitrogens with two attached hydrogens (primary N) is 1. The smallest absolute Gasteiger partial charge is 0.303 e. The first kappa shape index (κ1) is 25.3. The minimum atomic E-state index is -1.11. The molecular formula is C21H30N4O6S. The molecule has 176 valence electrons. The van der Waals surface area contributed by atoms with Gasteiger partial charge in [-0.15, -0.1) is 11.3 Å². The van der Waals surface area contributed by atoms with Crippen LogP contribution in [0.25, 0.3) is 0 Å². The Bertz CT molecular complexity index is 841. The van der Waals surface area contributed by atoms with Crippen molar-refractivity contribution in [2.24, 2.45) is 11.7 Å². The van der Waals surface area contributed by atoms with Gasteiger partial charge in [0.2, 0.25) is 23.6 Å². The van der Waals surface area contributed by atoms with Gasteiger partial charge in [-0.05, 0) is 30.2 Å². The monoisotopic (exact) mass is 466 g/mol. The quantitative estimate of drug-likeness (QED) is 0.387. The molecule has 4 amide bonds. The fourth-order valence-corrected chi connectivity index (χ4v) is 4.37. The first-order chi connectivity index (χ1) is 15.1. The number of rotatable bonds is 10. The zero-order chi connectivity index (χ0) is 23.8. The van der Waals surface area contributed by atoms with E-state index in [-0.39, 0.29) is 50.1 Å². The van der Waals surface area contributed by atoms with Crippen LogP contribution in [-0.2, 0) is 30.4 Å². The first-order valence-corrected chi connectivity index (χ1v) is 11.4. The highest BCUT2D eigenvalue weighted by molar-refractivity contribution is 7.10. The Kier molecular flexibility index (Phi) is 9.18. The molecule has 0 saturated carbocycles. The van der Waals surface area contributed by atoms with Crippen LogP contribution in [0.1, 0.15) is 44.4 Å². The van der Waals surface area contributed by atoms with Gasteiger partial charge in [0.1, 0.15) is 12.1 Å². The number of hydrogen-bond acceptors (Lipinski definition) is 6. The molecule has 0 aromatic carbocycles. The predicted octanol–water partition coefficient (Wildman–Crippen LogP) is 0.257. The third kappa shape index (κ3) is 7.33. The van der Waals surface area contributed by atoms with Crippen LogP contribution < -0.4 is 16.4 Å². The van der Waals surface area contributed by atoms with Gasteiger partial charge in [0.25, 0.3) is 0 Å². The van der Waals surface area contributed by atoms with Crippen molar-refractivity contribution in [3.63, 3.8) is 0 Å². The summed E-state index contributed by atoms with van der Waals surface area (Å²) in [7, 11) is 0. The molecule has 2 heterocycles. The summed E-state index contributed by atoms with van der Waals surface area (Å²) in [5.41, 5.74) is 5.39. The van der Waals surface area contributed by atoms with Crippen molar-refractivity contribution in [1.82, 2.24) is 15.5 Å². The third-order valence-electron chi connectivity index (χ3n) is 5.33. The molecule has 1 aromatic heterocycles. The molecule has 0 radical (unpaired) electrons. The number of carbonyl (C=O) groups excluding carboxylic acids is 4. The number of thiophene rings is 1. The molecule has 0 bridgehead atoms. The molecule has 0 spiro atoms. The van der Waals surface area contributed by atoms with Gasteiger partial charge in [-0.2, -0.15) is 0 Å². The molecule has 1 aliphatic rings. The number of piperidine rings is 1. The van der Waals surface area contributed by atoms with Crippen LogP contribution in [-0.4, -0.2) is 64.3 Å². The Labute approximate surface area is 190 Å². The number of primary amides is 1. The van der Waals surface area contributed by atoms with E-state index in [0.29, 0.717) is 6.42 Å². The maximum absolute atomic E-state index is 13.0. The van der Waals surface area contributed by atoms with E-state index in [9.17, 15) is 24.0 Å². The average Bonchev–Trinajstić information content (AvgIpc) is 3.22. The standard InChI is InChI=1S/C21H30N4O6S/c1-12(2)19(20(22)30)24-21(31)15-10-13(23-16(26)11-14-4-3-9-32-14)7-8-25(15)17(27)5-6-18(28)29/h3-4,9,12-13,15,19H,5-8,10-11H2,1-2H3,(H2,22,30)(H,23,26)(H,24,31)(H,28,29)/t13-,15-,19+/m0/s1. The van der Waals surface area contributed by atoms with E-state index in [2.05, 4.69) is 10.6 Å². The first-order valence-electron chi connectivity index (χ1n) is 10.5. The molecule has 32 heavy (non-hydrogen) atoms. The molecule has 1 fully saturated rings. The minimum absolute atomic E-state index is 0.157. The number of hydrogen-bond donors (Lipinski definition) is 4. The van der Waals surface area contributed by atoms with Crippen LogP contribution in [0.15, 0.2) is 17.5 Å². The van der Waals surface area contributed by atoms with Gasteiger partial charge in [-0.3, -0.25) is 24.0 Å². The van der Waals surface area contributed by atoms with Crippen molar-refractivity contribution in [2.75, 3.05) is 6.54 Å². The van der Waals surface area contributed by atoms with Crippen molar-refractivity contribution in [2.45, 2.75) is 64.1 Å². The molecule has 2 rings (SSSR count). The second kappa shape index (κ2) is 11.6. The Hall–Kier alpha value is -2.95. The zero-order valence-electron chi connectivity index (χ0n) is 18.2. The number of aliphatic carboxylic acids is 1. The molecule has 10 nitrogen and oxygen atoms in total. The minimum Gasteiger partial charge on any atom is -0.481 e. The summed E-state index contributed by atoms with van der Waals surface area (Å²) in [6, 6.07) is 1.52. The van der Waals surface area contributed by atoms with Gasteiger partial charge in [0.15, 0.2) is 0 Å². The van der Waals surface area contributed by atoms with Crippen molar-refractivity contribution in [1.29, 1.82) is 0 Å². The van der Waals surface area contributed by atoms with Gasteiger partial charge >= 0.3 is 5.97 Å². The third-order valence-corrected chi connectivity index (χ3v) is 6.21. The van der Waals surface area contributed by atoms with E-state index >= 15 is 0 Å². The summed E-state index contributed by atoms with van der Waals surface area (Å²) in [5.74, 6) is -3.24. The molecule has 1 saturated heterocycles. The summed E-state index contributed by atoms with van der Waals surface area (Å²) < 4.78 is 0. The van der Waals surface area contributed by atoms with Crippen LogP contribution in [0.2, 0.25) is 0 Å². The number of carboxylic acid groups (broad SMARTS) is 1. The average molecular weight is 467 g/mol. The zero-order valence-corrected chi connectivity index (χ0v) is 19.0. The Morgan fingerprint density at radius 1 is 1.25 bits per heavy atom. The molecular weight excluding hydrogens is 436 g/mol. The highest BCUT2D eigenvalue weighted by atomic mass is 32.1. The van der Waals surface area contributed by atoms with E-state index in [1.165, 1.54) is 16.2 Å². The maximum atomic E-state index is 13.0. The second-order valence-electron chi connectivity index (χ2n) is 8.17. The lowest BCUT2D eigenvalue weighted by Crippen LogP contribution is -2.60. The Balaban J connectivity index is 2.11. The Morgan fingerprint density at radius 3 is 2.53 bits per heavy atom. The van der Waals surface area contributed by atoms with Crippen molar-refractivity contribution >= 4 is 40.9 Å². The fraction of sp³-hybridized carbons (Fsp3) is 0.571. The van der Waals surface area contributed by atoms with Gasteiger partial charge in [0.05, 0.1) is 12.8 Å². The van der Waals surface area contributed by atoms with Crippen LogP contribution in [0.4, 0.5) is 0 Å². The number of carboxylic acids is 1. The summed E-state index contributed by atoms with van der Waals surface area (Å²) in [5, 5.41) is 16.3. The predicted molar refractivity (Wildman–Crippen MR) is 118 cm³/mol. The van der Waals surface area contributed by atoms with Crippen LogP contribution in [0.3, 0.4) is 0 Å². The van der Waals surface area contributed by atoms with E-state index in [0.717, 1.165) is 4.88 Å². The SMILES string of the molecule is CC(C)[C@@H](NC(=O)[C@@H]1C[C@@H](NC(=O)Cc2cccs2)CCN1C(=O)CCC(=O)O)C(N)=O. The van der Waals surface area contributed by atoms with E-state index in [4.69, 9.17) is 10.8 Å². The lowest BCUT2D eigenvalue weighted by atomic mass is 9.94. The lowest BCUT2D eigenvalue weighted by Gasteiger charge is -2.39. The molecule has 0 unspecified atom stereocenters. The molecule has 1 aliphatic heterocycles. The number of nitrogens with zero attached hydrogens (tertiary/aromatic N) is 1. The highest BCUT2D eigenvalue weighted by Gasteiger charge is 2.38. The molecule has 11 heteroatoms. The Morgan fingerprint density at radius 2 is 1.97 bits per heavy atom. The van der Waals surface area contributed by atoms with E-state index in [1.54, 1.807) is 13.8 Å². The largest absolute Gasteiger partial charge is 0.481 e. The van der Waals surface area contributed by atoms with E-state index in [1.807, 2.05) is 17.5 Å². The van der Waals surface area contributed by atoms with Crippen LogP contribution in [0, 0.1) is 5.92 Å². The molecule has 5 N–H and O–H groups in total. The fourth-order valence-electron chi connectivity index (χ4n) is 3.67. The maximum Gasteiger partial charge on any atom is 0.303 e. The summed E-state index contributed by atoms with van der Waals surface area (Å²) in [6.07, 6.45) is 0.231. The topological polar surface area (TPSA) is 159 Å². The number of amides is 4. The van der Waals surface area contributed by atoms with Crippen LogP contribution in [0.5, 0.6) is 0 Å². The lowest BCUT2D eigenvalue weighted by molar-refractivity contribution is -0.146. The van der Waals surface area contributed by atoms with E-state index < -0.39 is 35.8 Å². The number of carbonyl (C=O) groups is 5. The molecule has 0 aliphatic carbocycles. The van der Waals surface area contributed by atoms with Crippen molar-refractivity contribution < 1.29 is 29.1 Å². The van der Waals surface area contributed by atoms with Gasteiger partial charge < -0.3 is 26.4 Å². The van der Waals surface area contributed by atoms with Gasteiger partial charge in [0, 0.05) is 23.9 Å².